The van der Waals surface area contributed by atoms with E-state index in [4.69, 9.17) is 23.7 Å². The van der Waals surface area contributed by atoms with Gasteiger partial charge in [0.15, 0.2) is 0 Å². The molecular weight excluding hydrogens is 312 g/mol. The zero-order valence-corrected chi connectivity index (χ0v) is 14.2. The summed E-state index contributed by atoms with van der Waals surface area (Å²) in [5.41, 5.74) is 1.22. The Bertz CT molecular complexity index is 783. The van der Waals surface area contributed by atoms with Crippen molar-refractivity contribution in [2.45, 2.75) is 19.6 Å². The van der Waals surface area contributed by atoms with Crippen LogP contribution >= 0.6 is 0 Å². The molecule has 1 atom stereocenters. The molecule has 0 fully saturated rings. The van der Waals surface area contributed by atoms with E-state index in [1.165, 1.54) is 7.11 Å². The van der Waals surface area contributed by atoms with Crippen LogP contribution in [0.2, 0.25) is 0 Å². The third kappa shape index (κ3) is 2.53. The van der Waals surface area contributed by atoms with E-state index in [9.17, 15) is 4.79 Å². The van der Waals surface area contributed by atoms with E-state index >= 15 is 0 Å². The molecule has 6 heteroatoms. The molecule has 0 bridgehead atoms. The fourth-order valence-electron chi connectivity index (χ4n) is 3.05. The standard InChI is InChI=1S/C18H20O6/c1-5-23-15-9-10-11(18(19)22-4)8-12-13(20-2)6-7-14(21-3)16(12)17(10)24-15/h6-8,15H,5,9H2,1-4H3. The van der Waals surface area contributed by atoms with E-state index in [0.29, 0.717) is 35.8 Å². The summed E-state index contributed by atoms with van der Waals surface area (Å²) in [7, 11) is 4.53. The number of fused-ring (bicyclic) bond motifs is 3. The van der Waals surface area contributed by atoms with E-state index in [-0.39, 0.29) is 0 Å². The summed E-state index contributed by atoms with van der Waals surface area (Å²) in [6.07, 6.45) is 0.0408. The molecule has 3 rings (SSSR count). The van der Waals surface area contributed by atoms with Crippen LogP contribution in [0.15, 0.2) is 18.2 Å². The van der Waals surface area contributed by atoms with Gasteiger partial charge >= 0.3 is 5.97 Å². The molecule has 2 aromatic carbocycles. The molecule has 0 saturated heterocycles. The first kappa shape index (κ1) is 16.4. The average molecular weight is 332 g/mol. The van der Waals surface area contributed by atoms with Crippen molar-refractivity contribution < 1.29 is 28.5 Å². The SMILES string of the molecule is CCOC1Cc2c(C(=O)OC)cc3c(OC)ccc(OC)c3c2O1. The Balaban J connectivity index is 2.32. The van der Waals surface area contributed by atoms with Gasteiger partial charge in [-0.2, -0.15) is 0 Å². The summed E-state index contributed by atoms with van der Waals surface area (Å²) >= 11 is 0. The first-order valence-corrected chi connectivity index (χ1v) is 7.71. The van der Waals surface area contributed by atoms with Crippen molar-refractivity contribution in [3.05, 3.63) is 29.3 Å². The molecule has 0 spiro atoms. The molecular formula is C18H20O6. The Morgan fingerprint density at radius 2 is 1.92 bits per heavy atom. The van der Waals surface area contributed by atoms with Crippen LogP contribution in [-0.4, -0.2) is 40.2 Å². The molecule has 0 saturated carbocycles. The van der Waals surface area contributed by atoms with Crippen LogP contribution in [0.25, 0.3) is 10.8 Å². The summed E-state index contributed by atoms with van der Waals surface area (Å²) in [4.78, 5) is 12.2. The van der Waals surface area contributed by atoms with Gasteiger partial charge in [0.2, 0.25) is 6.29 Å². The Hall–Kier alpha value is -2.47. The monoisotopic (exact) mass is 332 g/mol. The normalized spacial score (nSPS) is 15.8. The molecule has 0 radical (unpaired) electrons. The highest BCUT2D eigenvalue weighted by molar-refractivity contribution is 6.05. The van der Waals surface area contributed by atoms with Crippen molar-refractivity contribution in [1.82, 2.24) is 0 Å². The van der Waals surface area contributed by atoms with Crippen LogP contribution in [0.1, 0.15) is 22.8 Å². The topological polar surface area (TPSA) is 63.2 Å². The molecule has 1 heterocycles. The van der Waals surface area contributed by atoms with Gasteiger partial charge in [-0.05, 0) is 25.1 Å². The van der Waals surface area contributed by atoms with Crippen LogP contribution in [0, 0.1) is 0 Å². The minimum absolute atomic E-state index is 0.418. The molecule has 1 aliphatic heterocycles. The zero-order valence-electron chi connectivity index (χ0n) is 14.2. The minimum Gasteiger partial charge on any atom is -0.496 e. The average Bonchev–Trinajstić information content (AvgIpc) is 3.03. The fourth-order valence-corrected chi connectivity index (χ4v) is 3.05. The lowest BCUT2D eigenvalue weighted by molar-refractivity contribution is -0.0596. The summed E-state index contributed by atoms with van der Waals surface area (Å²) in [6.45, 7) is 2.42. The highest BCUT2D eigenvalue weighted by Gasteiger charge is 2.32. The maximum absolute atomic E-state index is 12.2. The first-order valence-electron chi connectivity index (χ1n) is 7.71. The highest BCUT2D eigenvalue weighted by Crippen LogP contribution is 2.46. The Morgan fingerprint density at radius 1 is 1.21 bits per heavy atom. The van der Waals surface area contributed by atoms with Crippen LogP contribution in [-0.2, 0) is 15.9 Å². The molecule has 128 valence electrons. The lowest BCUT2D eigenvalue weighted by Gasteiger charge is -2.15. The van der Waals surface area contributed by atoms with Crippen LogP contribution in [0.4, 0.5) is 0 Å². The summed E-state index contributed by atoms with van der Waals surface area (Å²) < 4.78 is 27.4. The molecule has 6 nitrogen and oxygen atoms in total. The molecule has 0 aliphatic carbocycles. The number of ether oxygens (including phenoxy) is 5. The van der Waals surface area contributed by atoms with Crippen molar-refractivity contribution in [3.8, 4) is 17.2 Å². The maximum atomic E-state index is 12.2. The first-order chi connectivity index (χ1) is 11.6. The number of hydrogen-bond donors (Lipinski definition) is 0. The van der Waals surface area contributed by atoms with Gasteiger partial charge < -0.3 is 23.7 Å². The third-order valence-electron chi connectivity index (χ3n) is 4.10. The quantitative estimate of drug-likeness (QED) is 0.785. The molecule has 0 aromatic heterocycles. The minimum atomic E-state index is -0.435. The number of methoxy groups -OCH3 is 3. The van der Waals surface area contributed by atoms with E-state index in [1.54, 1.807) is 26.4 Å². The molecule has 0 N–H and O–H groups in total. The Morgan fingerprint density at radius 3 is 2.54 bits per heavy atom. The molecule has 2 aromatic rings. The lowest BCUT2D eigenvalue weighted by Crippen LogP contribution is -2.17. The Kier molecular flexibility index (Phi) is 4.49. The molecule has 1 unspecified atom stereocenters. The highest BCUT2D eigenvalue weighted by atomic mass is 16.7. The summed E-state index contributed by atoms with van der Waals surface area (Å²) in [5.74, 6) is 1.44. The number of benzene rings is 2. The van der Waals surface area contributed by atoms with E-state index in [0.717, 1.165) is 16.3 Å². The Labute approximate surface area is 140 Å². The second-order valence-electron chi connectivity index (χ2n) is 5.32. The van der Waals surface area contributed by atoms with Gasteiger partial charge in [0.25, 0.3) is 0 Å². The van der Waals surface area contributed by atoms with Gasteiger partial charge in [0, 0.05) is 24.0 Å². The third-order valence-corrected chi connectivity index (χ3v) is 4.10. The van der Waals surface area contributed by atoms with Crippen molar-refractivity contribution in [2.24, 2.45) is 0 Å². The van der Waals surface area contributed by atoms with Gasteiger partial charge in [-0.15, -0.1) is 0 Å². The predicted octanol–water partition coefficient (Wildman–Crippen LogP) is 2.94. The number of carbonyl (C=O) groups excluding carboxylic acids is 1. The van der Waals surface area contributed by atoms with Gasteiger partial charge in [0.1, 0.15) is 17.2 Å². The number of rotatable bonds is 5. The van der Waals surface area contributed by atoms with Crippen molar-refractivity contribution >= 4 is 16.7 Å². The second-order valence-corrected chi connectivity index (χ2v) is 5.32. The lowest BCUT2D eigenvalue weighted by atomic mass is 9.97. The maximum Gasteiger partial charge on any atom is 0.338 e. The van der Waals surface area contributed by atoms with Gasteiger partial charge in [0.05, 0.1) is 32.3 Å². The van der Waals surface area contributed by atoms with Gasteiger partial charge in [-0.1, -0.05) is 0 Å². The van der Waals surface area contributed by atoms with Crippen molar-refractivity contribution in [2.75, 3.05) is 27.9 Å². The number of carbonyl (C=O) groups is 1. The smallest absolute Gasteiger partial charge is 0.338 e. The van der Waals surface area contributed by atoms with Gasteiger partial charge in [-0.25, -0.2) is 4.79 Å². The van der Waals surface area contributed by atoms with Crippen LogP contribution in [0.5, 0.6) is 17.2 Å². The van der Waals surface area contributed by atoms with Crippen LogP contribution in [0.3, 0.4) is 0 Å². The fraction of sp³-hybridized carbons (Fsp3) is 0.389. The summed E-state index contributed by atoms with van der Waals surface area (Å²) in [6, 6.07) is 5.37. The van der Waals surface area contributed by atoms with Gasteiger partial charge in [-0.3, -0.25) is 0 Å². The van der Waals surface area contributed by atoms with E-state index in [1.807, 2.05) is 13.0 Å². The van der Waals surface area contributed by atoms with E-state index < -0.39 is 12.3 Å². The van der Waals surface area contributed by atoms with Crippen molar-refractivity contribution in [3.63, 3.8) is 0 Å². The number of hydrogen-bond acceptors (Lipinski definition) is 6. The molecule has 0 amide bonds. The van der Waals surface area contributed by atoms with Crippen molar-refractivity contribution in [1.29, 1.82) is 0 Å². The predicted molar refractivity (Wildman–Crippen MR) is 88.1 cm³/mol. The second kappa shape index (κ2) is 6.57. The number of esters is 1. The zero-order chi connectivity index (χ0) is 17.3. The molecule has 1 aliphatic rings. The molecule has 24 heavy (non-hydrogen) atoms. The van der Waals surface area contributed by atoms with Crippen LogP contribution < -0.4 is 14.2 Å². The summed E-state index contributed by atoms with van der Waals surface area (Å²) in [5, 5.41) is 1.50. The van der Waals surface area contributed by atoms with E-state index in [2.05, 4.69) is 0 Å². The largest absolute Gasteiger partial charge is 0.496 e.